The molecule has 0 heterocycles. The van der Waals surface area contributed by atoms with E-state index in [2.05, 4.69) is 10.5 Å². The van der Waals surface area contributed by atoms with E-state index in [0.717, 1.165) is 12.1 Å². The first kappa shape index (κ1) is 20.3. The second-order valence-corrected chi connectivity index (χ2v) is 5.85. The molecule has 0 aliphatic carbocycles. The number of rotatable bonds is 6. The Hall–Kier alpha value is -3.03. The van der Waals surface area contributed by atoms with Crippen molar-refractivity contribution < 1.29 is 27.4 Å². The molecule has 2 rings (SSSR count). The van der Waals surface area contributed by atoms with Crippen LogP contribution >= 0.6 is 0 Å². The molecular weight excluding hydrogens is 361 g/mol. The van der Waals surface area contributed by atoms with Crippen LogP contribution in [0.3, 0.4) is 0 Å². The summed E-state index contributed by atoms with van der Waals surface area (Å²) in [4.78, 5) is 12.0. The number of carbonyl (C=O) groups excluding carboxylic acids is 1. The molecule has 2 aromatic carbocycles. The molecule has 1 amide bonds. The maximum absolute atomic E-state index is 12.7. The Morgan fingerprint density at radius 3 is 2.52 bits per heavy atom. The molecule has 0 radical (unpaired) electrons. The lowest BCUT2D eigenvalue weighted by Crippen LogP contribution is -2.18. The lowest BCUT2D eigenvalue weighted by Gasteiger charge is -2.13. The van der Waals surface area contributed by atoms with Crippen molar-refractivity contribution in [3.8, 4) is 11.5 Å². The van der Waals surface area contributed by atoms with Crippen LogP contribution in [0.1, 0.15) is 35.3 Å². The summed E-state index contributed by atoms with van der Waals surface area (Å²) in [7, 11) is 1.50. The summed E-state index contributed by atoms with van der Waals surface area (Å²) in [5.41, 5.74) is 1.78. The lowest BCUT2D eigenvalue weighted by atomic mass is 10.1. The third kappa shape index (κ3) is 5.73. The normalized spacial score (nSPS) is 11.7. The second-order valence-electron chi connectivity index (χ2n) is 5.85. The van der Waals surface area contributed by atoms with E-state index in [1.165, 1.54) is 25.5 Å². The number of carbonyl (C=O) groups is 1. The van der Waals surface area contributed by atoms with Gasteiger partial charge in [0.05, 0.1) is 25.0 Å². The van der Waals surface area contributed by atoms with Gasteiger partial charge in [0.15, 0.2) is 11.5 Å². The van der Waals surface area contributed by atoms with Crippen molar-refractivity contribution in [2.45, 2.75) is 26.1 Å². The van der Waals surface area contributed by atoms with E-state index in [1.807, 2.05) is 13.8 Å². The minimum absolute atomic E-state index is 0.0230. The van der Waals surface area contributed by atoms with Crippen molar-refractivity contribution in [1.82, 2.24) is 5.43 Å². The summed E-state index contributed by atoms with van der Waals surface area (Å²) in [6, 6.07) is 9.19. The van der Waals surface area contributed by atoms with Gasteiger partial charge < -0.3 is 9.47 Å². The number of nitrogens with zero attached hydrogens (tertiary/aromatic N) is 1. The summed E-state index contributed by atoms with van der Waals surface area (Å²) in [6.07, 6.45) is -3.19. The SMILES string of the molecule is COc1cc(/C=N\NC(=O)c2cccc(C(F)(F)F)c2)ccc1OC(C)C. The van der Waals surface area contributed by atoms with Gasteiger partial charge in [0.1, 0.15) is 0 Å². The molecule has 0 fully saturated rings. The Morgan fingerprint density at radius 2 is 1.89 bits per heavy atom. The van der Waals surface area contributed by atoms with Crippen molar-refractivity contribution in [1.29, 1.82) is 0 Å². The highest BCUT2D eigenvalue weighted by Crippen LogP contribution is 2.30. The number of hydrazone groups is 1. The Morgan fingerprint density at radius 1 is 1.15 bits per heavy atom. The molecule has 0 aliphatic rings. The molecule has 1 N–H and O–H groups in total. The highest BCUT2D eigenvalue weighted by Gasteiger charge is 2.30. The molecule has 144 valence electrons. The number of nitrogens with one attached hydrogen (secondary N) is 1. The van der Waals surface area contributed by atoms with Crippen molar-refractivity contribution in [2.24, 2.45) is 5.10 Å². The number of hydrogen-bond acceptors (Lipinski definition) is 4. The van der Waals surface area contributed by atoms with Gasteiger partial charge in [-0.1, -0.05) is 6.07 Å². The molecule has 0 aromatic heterocycles. The minimum Gasteiger partial charge on any atom is -0.493 e. The molecule has 0 saturated carbocycles. The zero-order valence-electron chi connectivity index (χ0n) is 15.0. The smallest absolute Gasteiger partial charge is 0.416 e. The Bertz CT molecular complexity index is 833. The number of alkyl halides is 3. The number of hydrogen-bond donors (Lipinski definition) is 1. The molecule has 0 bridgehead atoms. The fraction of sp³-hybridized carbons (Fsp3) is 0.263. The number of methoxy groups -OCH3 is 1. The fourth-order valence-electron chi connectivity index (χ4n) is 2.18. The van der Waals surface area contributed by atoms with Crippen LogP contribution in [-0.4, -0.2) is 25.3 Å². The van der Waals surface area contributed by atoms with E-state index in [1.54, 1.807) is 18.2 Å². The van der Waals surface area contributed by atoms with Gasteiger partial charge in [0, 0.05) is 5.56 Å². The third-order valence-corrected chi connectivity index (χ3v) is 3.38. The highest BCUT2D eigenvalue weighted by molar-refractivity contribution is 5.95. The van der Waals surface area contributed by atoms with Crippen LogP contribution in [0.5, 0.6) is 11.5 Å². The van der Waals surface area contributed by atoms with Gasteiger partial charge in [-0.05, 0) is 55.8 Å². The van der Waals surface area contributed by atoms with Gasteiger partial charge in [-0.2, -0.15) is 18.3 Å². The van der Waals surface area contributed by atoms with Gasteiger partial charge in [-0.3, -0.25) is 4.79 Å². The molecule has 0 unspecified atom stereocenters. The molecule has 8 heteroatoms. The maximum Gasteiger partial charge on any atom is 0.416 e. The topological polar surface area (TPSA) is 59.9 Å². The monoisotopic (exact) mass is 380 g/mol. The molecule has 0 aliphatic heterocycles. The maximum atomic E-state index is 12.7. The molecule has 0 spiro atoms. The summed E-state index contributed by atoms with van der Waals surface area (Å²) >= 11 is 0. The summed E-state index contributed by atoms with van der Waals surface area (Å²) in [6.45, 7) is 3.77. The average molecular weight is 380 g/mol. The highest BCUT2D eigenvalue weighted by atomic mass is 19.4. The van der Waals surface area contributed by atoms with E-state index >= 15 is 0 Å². The molecule has 0 saturated heterocycles. The molecule has 5 nitrogen and oxygen atoms in total. The van der Waals surface area contributed by atoms with Crippen LogP contribution in [0.15, 0.2) is 47.6 Å². The fourth-order valence-corrected chi connectivity index (χ4v) is 2.18. The van der Waals surface area contributed by atoms with Crippen LogP contribution in [0.2, 0.25) is 0 Å². The summed E-state index contributed by atoms with van der Waals surface area (Å²) < 4.78 is 49.0. The van der Waals surface area contributed by atoms with Crippen LogP contribution in [-0.2, 0) is 6.18 Å². The van der Waals surface area contributed by atoms with Crippen molar-refractivity contribution >= 4 is 12.1 Å². The predicted molar refractivity (Wildman–Crippen MR) is 95.3 cm³/mol. The van der Waals surface area contributed by atoms with E-state index in [-0.39, 0.29) is 11.7 Å². The molecular formula is C19H19F3N2O3. The first-order valence-corrected chi connectivity index (χ1v) is 8.06. The van der Waals surface area contributed by atoms with Gasteiger partial charge in [-0.15, -0.1) is 0 Å². The molecule has 2 aromatic rings. The number of halogens is 3. The van der Waals surface area contributed by atoms with E-state index in [0.29, 0.717) is 17.1 Å². The standard InChI is InChI=1S/C19H19F3N2O3/c1-12(2)27-16-8-7-13(9-17(16)26-3)11-23-24-18(25)14-5-4-6-15(10-14)19(20,21)22/h4-12H,1-3H3,(H,24,25)/b23-11-. The summed E-state index contributed by atoms with van der Waals surface area (Å²) in [5.74, 6) is 0.318. The first-order valence-electron chi connectivity index (χ1n) is 8.06. The van der Waals surface area contributed by atoms with Crippen molar-refractivity contribution in [3.63, 3.8) is 0 Å². The first-order chi connectivity index (χ1) is 12.7. The van der Waals surface area contributed by atoms with Crippen LogP contribution < -0.4 is 14.9 Å². The zero-order valence-corrected chi connectivity index (χ0v) is 15.0. The van der Waals surface area contributed by atoms with Gasteiger partial charge in [-0.25, -0.2) is 5.43 Å². The Kier molecular flexibility index (Phi) is 6.44. The Balaban J connectivity index is 2.08. The van der Waals surface area contributed by atoms with Gasteiger partial charge in [0.2, 0.25) is 0 Å². The zero-order chi connectivity index (χ0) is 20.0. The van der Waals surface area contributed by atoms with Crippen LogP contribution in [0, 0.1) is 0 Å². The summed E-state index contributed by atoms with van der Waals surface area (Å²) in [5, 5.41) is 3.77. The largest absolute Gasteiger partial charge is 0.493 e. The van der Waals surface area contributed by atoms with Gasteiger partial charge in [0.25, 0.3) is 5.91 Å². The van der Waals surface area contributed by atoms with Crippen molar-refractivity contribution in [2.75, 3.05) is 7.11 Å². The van der Waals surface area contributed by atoms with Gasteiger partial charge >= 0.3 is 6.18 Å². The number of benzene rings is 2. The third-order valence-electron chi connectivity index (χ3n) is 3.38. The van der Waals surface area contributed by atoms with E-state index < -0.39 is 17.6 Å². The number of amides is 1. The minimum atomic E-state index is -4.52. The Labute approximate surface area is 154 Å². The second kappa shape index (κ2) is 8.57. The molecule has 27 heavy (non-hydrogen) atoms. The van der Waals surface area contributed by atoms with Crippen LogP contribution in [0.4, 0.5) is 13.2 Å². The van der Waals surface area contributed by atoms with E-state index in [4.69, 9.17) is 9.47 Å². The molecule has 0 atom stereocenters. The predicted octanol–water partition coefficient (Wildman–Crippen LogP) is 4.27. The van der Waals surface area contributed by atoms with Crippen molar-refractivity contribution in [3.05, 3.63) is 59.2 Å². The number of ether oxygens (including phenoxy) is 2. The van der Waals surface area contributed by atoms with Crippen LogP contribution in [0.25, 0.3) is 0 Å². The van der Waals surface area contributed by atoms with E-state index in [9.17, 15) is 18.0 Å². The average Bonchev–Trinajstić information content (AvgIpc) is 2.61. The lowest BCUT2D eigenvalue weighted by molar-refractivity contribution is -0.137. The quantitative estimate of drug-likeness (QED) is 0.602.